The average Bonchev–Trinajstić information content (AvgIpc) is 3.52. The number of carbonyl (C=O) groups excluding carboxylic acids is 2. The second-order valence-electron chi connectivity index (χ2n) is 8.95. The first kappa shape index (κ1) is 21.8. The van der Waals surface area contributed by atoms with Crippen LogP contribution in [-0.4, -0.2) is 39.7 Å². The van der Waals surface area contributed by atoms with E-state index in [1.165, 1.54) is 16.0 Å². The summed E-state index contributed by atoms with van der Waals surface area (Å²) in [6.07, 6.45) is 5.05. The van der Waals surface area contributed by atoms with Gasteiger partial charge in [-0.15, -0.1) is 11.3 Å². The van der Waals surface area contributed by atoms with Crippen LogP contribution in [0.25, 0.3) is 0 Å². The van der Waals surface area contributed by atoms with E-state index in [0.717, 1.165) is 37.1 Å². The first-order chi connectivity index (χ1) is 16.1. The lowest BCUT2D eigenvalue weighted by atomic mass is 9.92. The Kier molecular flexibility index (Phi) is 6.27. The maximum absolute atomic E-state index is 13.4. The molecule has 2 aliphatic rings. The highest BCUT2D eigenvalue weighted by Crippen LogP contribution is 2.38. The molecule has 0 aliphatic carbocycles. The van der Waals surface area contributed by atoms with Crippen molar-refractivity contribution < 1.29 is 9.59 Å². The van der Waals surface area contributed by atoms with Crippen molar-refractivity contribution in [3.63, 3.8) is 0 Å². The maximum Gasteiger partial charge on any atom is 0.223 e. The Labute approximate surface area is 199 Å². The fraction of sp³-hybridized carbons (Fsp3) is 0.370. The molecule has 0 saturated carbocycles. The standard InChI is InChI=1S/C27H29N3O2S/c1-19-6-4-7-20(18-19)27-21-13-17-33-24(21)12-16-30(27)26(32)11-10-25(31)29-15-5-9-23(29)22-8-2-3-14-28-22/h2-4,6-8,13-14,17-18,23,27H,5,9-12,15-16H2,1H3. The summed E-state index contributed by atoms with van der Waals surface area (Å²) in [6.45, 7) is 3.52. The van der Waals surface area contributed by atoms with E-state index in [9.17, 15) is 9.59 Å². The second-order valence-corrected chi connectivity index (χ2v) is 9.95. The Balaban J connectivity index is 1.30. The van der Waals surface area contributed by atoms with E-state index in [4.69, 9.17) is 0 Å². The number of hydrogen-bond acceptors (Lipinski definition) is 4. The normalized spacial score (nSPS) is 20.0. The van der Waals surface area contributed by atoms with E-state index in [0.29, 0.717) is 6.54 Å². The Morgan fingerprint density at radius 2 is 1.88 bits per heavy atom. The van der Waals surface area contributed by atoms with Gasteiger partial charge in [0, 0.05) is 37.0 Å². The Morgan fingerprint density at radius 3 is 2.67 bits per heavy atom. The van der Waals surface area contributed by atoms with E-state index in [1.54, 1.807) is 17.5 Å². The minimum absolute atomic E-state index is 0.0252. The van der Waals surface area contributed by atoms with Crippen molar-refractivity contribution in [3.05, 3.63) is 87.4 Å². The number of aromatic nitrogens is 1. The molecule has 2 amide bonds. The van der Waals surface area contributed by atoms with Crippen molar-refractivity contribution in [2.24, 2.45) is 0 Å². The molecule has 1 aromatic carbocycles. The van der Waals surface area contributed by atoms with Crippen LogP contribution in [0.1, 0.15) is 65.0 Å². The summed E-state index contributed by atoms with van der Waals surface area (Å²) in [5, 5.41) is 2.12. The van der Waals surface area contributed by atoms with Crippen LogP contribution in [0.3, 0.4) is 0 Å². The molecule has 1 fully saturated rings. The van der Waals surface area contributed by atoms with Gasteiger partial charge in [-0.25, -0.2) is 0 Å². The van der Waals surface area contributed by atoms with Gasteiger partial charge in [0.15, 0.2) is 0 Å². The number of fused-ring (bicyclic) bond motifs is 1. The summed E-state index contributed by atoms with van der Waals surface area (Å²) in [5.41, 5.74) is 4.50. The van der Waals surface area contributed by atoms with Crippen molar-refractivity contribution in [3.8, 4) is 0 Å². The molecular formula is C27H29N3O2S. The first-order valence-corrected chi connectivity index (χ1v) is 12.6. The molecule has 5 nitrogen and oxygen atoms in total. The van der Waals surface area contributed by atoms with Gasteiger partial charge in [-0.2, -0.15) is 0 Å². The minimum atomic E-state index is -0.0736. The van der Waals surface area contributed by atoms with Crippen LogP contribution in [0.5, 0.6) is 0 Å². The van der Waals surface area contributed by atoms with Crippen molar-refractivity contribution >= 4 is 23.2 Å². The van der Waals surface area contributed by atoms with Gasteiger partial charge in [0.05, 0.1) is 17.8 Å². The summed E-state index contributed by atoms with van der Waals surface area (Å²) in [6, 6.07) is 16.4. The lowest BCUT2D eigenvalue weighted by molar-refractivity contribution is -0.138. The predicted octanol–water partition coefficient (Wildman–Crippen LogP) is 5.07. The van der Waals surface area contributed by atoms with Crippen LogP contribution in [0.15, 0.2) is 60.1 Å². The van der Waals surface area contributed by atoms with Crippen LogP contribution in [0.4, 0.5) is 0 Å². The summed E-state index contributed by atoms with van der Waals surface area (Å²) in [4.78, 5) is 36.2. The molecule has 0 N–H and O–H groups in total. The molecule has 0 radical (unpaired) electrons. The molecule has 2 unspecified atom stereocenters. The van der Waals surface area contributed by atoms with Crippen LogP contribution >= 0.6 is 11.3 Å². The topological polar surface area (TPSA) is 53.5 Å². The van der Waals surface area contributed by atoms with Gasteiger partial charge in [0.1, 0.15) is 0 Å². The van der Waals surface area contributed by atoms with Crippen molar-refractivity contribution in [1.29, 1.82) is 0 Å². The average molecular weight is 460 g/mol. The van der Waals surface area contributed by atoms with Gasteiger partial charge in [-0.05, 0) is 60.9 Å². The molecule has 2 atom stereocenters. The Morgan fingerprint density at radius 1 is 1.03 bits per heavy atom. The summed E-state index contributed by atoms with van der Waals surface area (Å²) in [5.74, 6) is 0.108. The number of pyridine rings is 1. The zero-order valence-electron chi connectivity index (χ0n) is 18.9. The molecule has 5 rings (SSSR count). The number of hydrogen-bond donors (Lipinski definition) is 0. The molecule has 2 aromatic heterocycles. The van der Waals surface area contributed by atoms with E-state index < -0.39 is 0 Å². The maximum atomic E-state index is 13.4. The number of thiophene rings is 1. The van der Waals surface area contributed by atoms with Gasteiger partial charge in [0.25, 0.3) is 0 Å². The van der Waals surface area contributed by atoms with Gasteiger partial charge >= 0.3 is 0 Å². The fourth-order valence-corrected chi connectivity index (χ4v) is 6.14. The molecule has 6 heteroatoms. The van der Waals surface area contributed by atoms with Gasteiger partial charge in [-0.3, -0.25) is 14.6 Å². The monoisotopic (exact) mass is 459 g/mol. The number of carbonyl (C=O) groups is 2. The summed E-state index contributed by atoms with van der Waals surface area (Å²) in [7, 11) is 0. The fourth-order valence-electron chi connectivity index (χ4n) is 5.23. The quantitative estimate of drug-likeness (QED) is 0.535. The van der Waals surface area contributed by atoms with E-state index in [1.807, 2.05) is 28.0 Å². The van der Waals surface area contributed by atoms with Gasteiger partial charge in [0.2, 0.25) is 11.8 Å². The zero-order valence-corrected chi connectivity index (χ0v) is 19.8. The van der Waals surface area contributed by atoms with Crippen molar-refractivity contribution in [1.82, 2.24) is 14.8 Å². The minimum Gasteiger partial charge on any atom is -0.334 e. The highest BCUT2D eigenvalue weighted by Gasteiger charge is 2.34. The van der Waals surface area contributed by atoms with E-state index in [-0.39, 0.29) is 36.7 Å². The lowest BCUT2D eigenvalue weighted by Gasteiger charge is -2.36. The van der Waals surface area contributed by atoms with Crippen LogP contribution < -0.4 is 0 Å². The third-order valence-corrected chi connectivity index (χ3v) is 7.80. The number of aryl methyl sites for hydroxylation is 1. The SMILES string of the molecule is Cc1cccc(C2c3ccsc3CCN2C(=O)CCC(=O)N2CCCC2c2ccccn2)c1. The number of rotatable bonds is 5. The van der Waals surface area contributed by atoms with Crippen molar-refractivity contribution in [2.45, 2.75) is 51.1 Å². The predicted molar refractivity (Wildman–Crippen MR) is 130 cm³/mol. The molecule has 1 saturated heterocycles. The number of benzene rings is 1. The summed E-state index contributed by atoms with van der Waals surface area (Å²) < 4.78 is 0. The van der Waals surface area contributed by atoms with Gasteiger partial charge < -0.3 is 9.80 Å². The molecule has 0 spiro atoms. The highest BCUT2D eigenvalue weighted by atomic mass is 32.1. The number of amides is 2. The summed E-state index contributed by atoms with van der Waals surface area (Å²) >= 11 is 1.77. The molecule has 3 aromatic rings. The Hall–Kier alpha value is -2.99. The van der Waals surface area contributed by atoms with Crippen LogP contribution in [-0.2, 0) is 16.0 Å². The molecule has 170 valence electrons. The largest absolute Gasteiger partial charge is 0.334 e. The lowest BCUT2D eigenvalue weighted by Crippen LogP contribution is -2.40. The molecular weight excluding hydrogens is 430 g/mol. The second kappa shape index (κ2) is 9.48. The van der Waals surface area contributed by atoms with Crippen molar-refractivity contribution in [2.75, 3.05) is 13.1 Å². The zero-order chi connectivity index (χ0) is 22.8. The molecule has 0 bridgehead atoms. The van der Waals surface area contributed by atoms with Gasteiger partial charge in [-0.1, -0.05) is 35.9 Å². The van der Waals surface area contributed by atoms with Crippen LogP contribution in [0.2, 0.25) is 0 Å². The molecule has 4 heterocycles. The number of likely N-dealkylation sites (tertiary alicyclic amines) is 1. The first-order valence-electron chi connectivity index (χ1n) is 11.7. The number of nitrogens with zero attached hydrogens (tertiary/aromatic N) is 3. The Bertz CT molecular complexity index is 1140. The van der Waals surface area contributed by atoms with E-state index >= 15 is 0 Å². The van der Waals surface area contributed by atoms with E-state index in [2.05, 4.69) is 47.6 Å². The smallest absolute Gasteiger partial charge is 0.223 e. The highest BCUT2D eigenvalue weighted by molar-refractivity contribution is 7.10. The third kappa shape index (κ3) is 4.44. The third-order valence-electron chi connectivity index (χ3n) is 6.80. The molecule has 2 aliphatic heterocycles. The molecule has 33 heavy (non-hydrogen) atoms. The van der Waals surface area contributed by atoms with Crippen LogP contribution in [0, 0.1) is 6.92 Å².